The summed E-state index contributed by atoms with van der Waals surface area (Å²) < 4.78 is 2.49. The second-order valence-corrected chi connectivity index (χ2v) is 12.1. The summed E-state index contributed by atoms with van der Waals surface area (Å²) in [7, 11) is 0. The number of rotatable bonds is 1. The summed E-state index contributed by atoms with van der Waals surface area (Å²) in [6.45, 7) is 0. The van der Waals surface area contributed by atoms with Crippen LogP contribution in [0.1, 0.15) is 32.0 Å². The topological polar surface area (TPSA) is 4.93 Å². The molecule has 0 unspecified atom stereocenters. The molecule has 37 heavy (non-hydrogen) atoms. The van der Waals surface area contributed by atoms with Crippen molar-refractivity contribution in [3.05, 3.63) is 147 Å². The Morgan fingerprint density at radius 3 is 1.89 bits per heavy atom. The minimum atomic E-state index is -0.252. The minimum Gasteiger partial charge on any atom is -0.301 e. The van der Waals surface area contributed by atoms with Crippen molar-refractivity contribution in [1.82, 2.24) is 4.57 Å². The van der Waals surface area contributed by atoms with Gasteiger partial charge in [0.15, 0.2) is 0 Å². The lowest BCUT2D eigenvalue weighted by atomic mass is 9.67. The third-order valence-corrected chi connectivity index (χ3v) is 10.6. The van der Waals surface area contributed by atoms with Crippen LogP contribution in [0.5, 0.6) is 0 Å². The van der Waals surface area contributed by atoms with Crippen molar-refractivity contribution in [3.8, 4) is 16.1 Å². The lowest BCUT2D eigenvalue weighted by Gasteiger charge is -2.36. The summed E-state index contributed by atoms with van der Waals surface area (Å²) in [5.41, 5.74) is 10.8. The first-order valence-electron chi connectivity index (χ1n) is 12.7. The third kappa shape index (κ3) is 2.40. The largest absolute Gasteiger partial charge is 0.301 e. The van der Waals surface area contributed by atoms with Crippen molar-refractivity contribution in [1.29, 1.82) is 0 Å². The summed E-state index contributed by atoms with van der Waals surface area (Å²) >= 11 is 3.89. The van der Waals surface area contributed by atoms with Crippen molar-refractivity contribution in [2.24, 2.45) is 0 Å². The van der Waals surface area contributed by atoms with Crippen LogP contribution >= 0.6 is 22.7 Å². The highest BCUT2D eigenvalue weighted by Gasteiger charge is 2.51. The Labute approximate surface area is 222 Å². The Morgan fingerprint density at radius 1 is 0.622 bits per heavy atom. The Kier molecular flexibility index (Phi) is 3.87. The maximum Gasteiger partial charge on any atom is 0.101 e. The molecular formula is C34H21NS2. The molecule has 0 N–H and O–H groups in total. The Morgan fingerprint density at radius 2 is 1.22 bits per heavy atom. The predicted octanol–water partition coefficient (Wildman–Crippen LogP) is 9.17. The zero-order valence-electron chi connectivity index (χ0n) is 19.9. The van der Waals surface area contributed by atoms with Gasteiger partial charge in [-0.05, 0) is 63.0 Å². The quantitative estimate of drug-likeness (QED) is 0.209. The van der Waals surface area contributed by atoms with E-state index in [1.165, 1.54) is 69.9 Å². The fourth-order valence-corrected chi connectivity index (χ4v) is 9.41. The van der Waals surface area contributed by atoms with Gasteiger partial charge in [0, 0.05) is 26.9 Å². The molecule has 9 rings (SSSR count). The Hall–Kier alpha value is -3.92. The van der Waals surface area contributed by atoms with Gasteiger partial charge in [-0.1, -0.05) is 84.9 Å². The molecular weight excluding hydrogens is 487 g/mol. The third-order valence-electron chi connectivity index (χ3n) is 8.39. The van der Waals surface area contributed by atoms with Crippen LogP contribution in [0.4, 0.5) is 0 Å². The van der Waals surface area contributed by atoms with Gasteiger partial charge in [-0.3, -0.25) is 0 Å². The molecule has 0 saturated heterocycles. The fraction of sp³-hybridized carbons (Fsp3) is 0.0588. The van der Waals surface area contributed by atoms with Gasteiger partial charge >= 0.3 is 0 Å². The first-order chi connectivity index (χ1) is 18.4. The molecule has 0 saturated carbocycles. The van der Waals surface area contributed by atoms with E-state index in [0.717, 1.165) is 6.42 Å². The van der Waals surface area contributed by atoms with Crippen molar-refractivity contribution in [2.75, 3.05) is 0 Å². The highest BCUT2D eigenvalue weighted by molar-refractivity contribution is 7.15. The van der Waals surface area contributed by atoms with Gasteiger partial charge in [0.2, 0.25) is 0 Å². The number of thiophene rings is 2. The van der Waals surface area contributed by atoms with Crippen LogP contribution in [0.3, 0.4) is 0 Å². The van der Waals surface area contributed by atoms with Gasteiger partial charge < -0.3 is 4.57 Å². The van der Waals surface area contributed by atoms with Crippen LogP contribution in [-0.4, -0.2) is 4.57 Å². The molecule has 0 aliphatic heterocycles. The number of nitrogens with zero attached hydrogens (tertiary/aromatic N) is 1. The molecule has 1 nitrogen and oxygen atoms in total. The molecule has 4 aromatic carbocycles. The monoisotopic (exact) mass is 507 g/mol. The zero-order chi connectivity index (χ0) is 24.1. The molecule has 7 aromatic rings. The van der Waals surface area contributed by atoms with Crippen molar-refractivity contribution in [2.45, 2.75) is 11.8 Å². The van der Waals surface area contributed by atoms with Gasteiger partial charge in [-0.25, -0.2) is 0 Å². The van der Waals surface area contributed by atoms with Gasteiger partial charge in [-0.2, -0.15) is 0 Å². The maximum absolute atomic E-state index is 2.49. The average Bonchev–Trinajstić information content (AvgIpc) is 3.71. The van der Waals surface area contributed by atoms with Crippen LogP contribution in [0.15, 0.2) is 115 Å². The number of fused-ring (bicyclic) bond motifs is 12. The van der Waals surface area contributed by atoms with E-state index in [1.807, 2.05) is 22.7 Å². The Balaban J connectivity index is 1.41. The zero-order valence-corrected chi connectivity index (χ0v) is 21.6. The van der Waals surface area contributed by atoms with Crippen molar-refractivity contribution in [3.63, 3.8) is 0 Å². The Bertz CT molecular complexity index is 1930. The van der Waals surface area contributed by atoms with Crippen molar-refractivity contribution < 1.29 is 0 Å². The summed E-state index contributed by atoms with van der Waals surface area (Å²) in [6, 6.07) is 40.7. The van der Waals surface area contributed by atoms with Crippen LogP contribution < -0.4 is 0 Å². The molecule has 3 heteroatoms. The molecule has 0 atom stereocenters. The second-order valence-electron chi connectivity index (χ2n) is 10.1. The summed E-state index contributed by atoms with van der Waals surface area (Å²) in [6.07, 6.45) is 1.00. The van der Waals surface area contributed by atoms with Gasteiger partial charge in [0.1, 0.15) is 5.00 Å². The maximum atomic E-state index is 2.49. The lowest BCUT2D eigenvalue weighted by Crippen LogP contribution is -2.31. The summed E-state index contributed by atoms with van der Waals surface area (Å²) in [5, 5.41) is 6.23. The molecule has 1 spiro atoms. The van der Waals surface area contributed by atoms with Gasteiger partial charge in [-0.15, -0.1) is 22.7 Å². The number of benzene rings is 4. The normalized spacial score (nSPS) is 14.6. The molecule has 0 amide bonds. The van der Waals surface area contributed by atoms with E-state index >= 15 is 0 Å². The SMILES string of the molecule is c1ccc2c(c1)-c1ccccc1C21c2ccsc2Cc2cc(-n3c4ccccc4c4ccccc43)sc21. The molecule has 3 heterocycles. The molecule has 3 aromatic heterocycles. The van der Waals surface area contributed by atoms with E-state index in [4.69, 9.17) is 0 Å². The number of aromatic nitrogens is 1. The summed E-state index contributed by atoms with van der Waals surface area (Å²) in [5.74, 6) is 0. The minimum absolute atomic E-state index is 0.252. The number of hydrogen-bond donors (Lipinski definition) is 0. The van der Waals surface area contributed by atoms with Gasteiger partial charge in [0.25, 0.3) is 0 Å². The van der Waals surface area contributed by atoms with Crippen LogP contribution in [0.2, 0.25) is 0 Å². The first kappa shape index (κ1) is 20.2. The molecule has 2 aliphatic rings. The average molecular weight is 508 g/mol. The van der Waals surface area contributed by atoms with Crippen LogP contribution in [0, 0.1) is 0 Å². The van der Waals surface area contributed by atoms with E-state index in [2.05, 4.69) is 119 Å². The number of para-hydroxylation sites is 2. The molecule has 2 aliphatic carbocycles. The van der Waals surface area contributed by atoms with Gasteiger partial charge in [0.05, 0.1) is 16.4 Å². The molecule has 0 fully saturated rings. The van der Waals surface area contributed by atoms with E-state index in [-0.39, 0.29) is 5.41 Å². The summed E-state index contributed by atoms with van der Waals surface area (Å²) in [4.78, 5) is 2.97. The predicted molar refractivity (Wildman–Crippen MR) is 157 cm³/mol. The molecule has 0 radical (unpaired) electrons. The highest BCUT2D eigenvalue weighted by atomic mass is 32.1. The smallest absolute Gasteiger partial charge is 0.101 e. The second kappa shape index (κ2) is 7.10. The first-order valence-corrected chi connectivity index (χ1v) is 14.4. The highest BCUT2D eigenvalue weighted by Crippen LogP contribution is 2.61. The lowest BCUT2D eigenvalue weighted by molar-refractivity contribution is 0.751. The van der Waals surface area contributed by atoms with E-state index < -0.39 is 0 Å². The standard InChI is InChI=1S/C34H21NS2/c1-5-13-26-22(9-1)23-10-2-6-14-27(23)34(26)28-17-18-36-31(28)19-21-20-32(37-33(21)34)35-29-15-7-3-11-24(29)25-12-4-8-16-30(25)35/h1-18,20H,19H2. The van der Waals surface area contributed by atoms with Crippen LogP contribution in [0.25, 0.3) is 37.9 Å². The molecule has 174 valence electrons. The van der Waals surface area contributed by atoms with E-state index in [1.54, 1.807) is 0 Å². The van der Waals surface area contributed by atoms with Crippen molar-refractivity contribution >= 4 is 44.5 Å². The van der Waals surface area contributed by atoms with Crippen LogP contribution in [-0.2, 0) is 11.8 Å². The molecule has 0 bridgehead atoms. The van der Waals surface area contributed by atoms with E-state index in [0.29, 0.717) is 0 Å². The van der Waals surface area contributed by atoms with E-state index in [9.17, 15) is 0 Å². The fourth-order valence-electron chi connectivity index (χ4n) is 7.01. The number of hydrogen-bond acceptors (Lipinski definition) is 2.